The largest absolute Gasteiger partial charge is 0.457 e. The molecule has 8 heteroatoms. The molecule has 0 aliphatic carbocycles. The first kappa shape index (κ1) is 23.2. The Hall–Kier alpha value is -3.91. The SMILES string of the molecule is Fc1cccc(Oc2ccc3[nH]nc(-c4nc5ccc(N6CCC(N7CCCCC7)CC6)cc5[nH]4)c3c2)c1. The Bertz CT molecular complexity index is 1580. The van der Waals surface area contributed by atoms with Crippen LogP contribution in [0.3, 0.4) is 0 Å². The van der Waals surface area contributed by atoms with Gasteiger partial charge in [0.15, 0.2) is 5.82 Å². The van der Waals surface area contributed by atoms with E-state index in [1.807, 2.05) is 18.2 Å². The van der Waals surface area contributed by atoms with E-state index in [1.54, 1.807) is 12.1 Å². The number of hydrogen-bond donors (Lipinski definition) is 2. The van der Waals surface area contributed by atoms with Gasteiger partial charge in [0.05, 0.1) is 16.6 Å². The first-order valence-corrected chi connectivity index (χ1v) is 13.6. The fourth-order valence-corrected chi connectivity index (χ4v) is 5.98. The van der Waals surface area contributed by atoms with Crippen LogP contribution in [0.4, 0.5) is 10.1 Å². The van der Waals surface area contributed by atoms with Gasteiger partial charge in [-0.1, -0.05) is 12.5 Å². The minimum absolute atomic E-state index is 0.333. The molecule has 7 rings (SSSR count). The van der Waals surface area contributed by atoms with Gasteiger partial charge in [-0.15, -0.1) is 0 Å². The van der Waals surface area contributed by atoms with Gasteiger partial charge in [0.2, 0.25) is 0 Å². The van der Waals surface area contributed by atoms with Crippen molar-refractivity contribution >= 4 is 27.6 Å². The maximum absolute atomic E-state index is 13.6. The summed E-state index contributed by atoms with van der Waals surface area (Å²) in [6.07, 6.45) is 6.55. The molecule has 2 aliphatic rings. The van der Waals surface area contributed by atoms with Crippen molar-refractivity contribution in [2.24, 2.45) is 0 Å². The molecule has 0 radical (unpaired) electrons. The number of hydrogen-bond acceptors (Lipinski definition) is 5. The minimum atomic E-state index is -0.333. The molecule has 194 valence electrons. The van der Waals surface area contributed by atoms with Crippen LogP contribution in [0.5, 0.6) is 11.5 Å². The average Bonchev–Trinajstić information content (AvgIpc) is 3.57. The molecular formula is C30H31FN6O. The van der Waals surface area contributed by atoms with E-state index in [0.29, 0.717) is 17.3 Å². The van der Waals surface area contributed by atoms with Gasteiger partial charge in [0.1, 0.15) is 23.0 Å². The lowest BCUT2D eigenvalue weighted by Gasteiger charge is -2.41. The highest BCUT2D eigenvalue weighted by atomic mass is 19.1. The van der Waals surface area contributed by atoms with Crippen molar-refractivity contribution in [3.63, 3.8) is 0 Å². The summed E-state index contributed by atoms with van der Waals surface area (Å²) in [5.41, 5.74) is 4.76. The van der Waals surface area contributed by atoms with Crippen molar-refractivity contribution in [1.29, 1.82) is 0 Å². The number of rotatable bonds is 5. The summed E-state index contributed by atoms with van der Waals surface area (Å²) in [6, 6.07) is 19.0. The highest BCUT2D eigenvalue weighted by molar-refractivity contribution is 5.94. The van der Waals surface area contributed by atoms with Gasteiger partial charge >= 0.3 is 0 Å². The maximum Gasteiger partial charge on any atom is 0.159 e. The zero-order chi connectivity index (χ0) is 25.5. The lowest BCUT2D eigenvalue weighted by atomic mass is 9.99. The number of nitrogens with zero attached hydrogens (tertiary/aromatic N) is 4. The minimum Gasteiger partial charge on any atom is -0.457 e. The molecule has 5 aromatic rings. The van der Waals surface area contributed by atoms with E-state index < -0.39 is 0 Å². The summed E-state index contributed by atoms with van der Waals surface area (Å²) in [6.45, 7) is 4.72. The van der Waals surface area contributed by atoms with E-state index >= 15 is 0 Å². The summed E-state index contributed by atoms with van der Waals surface area (Å²) < 4.78 is 19.5. The molecule has 2 fully saturated rings. The van der Waals surface area contributed by atoms with Crippen molar-refractivity contribution < 1.29 is 9.13 Å². The molecule has 0 atom stereocenters. The van der Waals surface area contributed by atoms with Crippen LogP contribution < -0.4 is 9.64 Å². The maximum atomic E-state index is 13.6. The third kappa shape index (κ3) is 4.49. The number of nitrogens with one attached hydrogen (secondary N) is 2. The molecule has 4 heterocycles. The normalized spacial score (nSPS) is 17.4. The van der Waals surface area contributed by atoms with Gasteiger partial charge in [0.25, 0.3) is 0 Å². The topological polar surface area (TPSA) is 73.1 Å². The highest BCUT2D eigenvalue weighted by Crippen LogP contribution is 2.32. The number of anilines is 1. The molecule has 2 saturated heterocycles. The van der Waals surface area contributed by atoms with Gasteiger partial charge in [-0.2, -0.15) is 5.10 Å². The van der Waals surface area contributed by atoms with E-state index in [1.165, 1.54) is 63.0 Å². The number of benzene rings is 3. The van der Waals surface area contributed by atoms with Gasteiger partial charge < -0.3 is 19.5 Å². The number of halogens is 1. The number of imidazole rings is 1. The summed E-state index contributed by atoms with van der Waals surface area (Å²) in [5.74, 6) is 1.43. The highest BCUT2D eigenvalue weighted by Gasteiger charge is 2.26. The molecule has 0 spiro atoms. The molecule has 2 aromatic heterocycles. The lowest BCUT2D eigenvalue weighted by Crippen LogP contribution is -2.46. The van der Waals surface area contributed by atoms with E-state index in [2.05, 4.69) is 43.2 Å². The zero-order valence-electron chi connectivity index (χ0n) is 21.3. The summed E-state index contributed by atoms with van der Waals surface area (Å²) in [4.78, 5) is 13.5. The van der Waals surface area contributed by atoms with Crippen LogP contribution in [0.2, 0.25) is 0 Å². The first-order valence-electron chi connectivity index (χ1n) is 13.6. The molecular weight excluding hydrogens is 479 g/mol. The van der Waals surface area contributed by atoms with Gasteiger partial charge in [-0.25, -0.2) is 9.37 Å². The summed E-state index contributed by atoms with van der Waals surface area (Å²) in [5, 5.41) is 8.51. The van der Waals surface area contributed by atoms with E-state index in [-0.39, 0.29) is 5.82 Å². The number of likely N-dealkylation sites (tertiary alicyclic amines) is 1. The van der Waals surface area contributed by atoms with Crippen molar-refractivity contribution in [2.45, 2.75) is 38.1 Å². The molecule has 2 N–H and O–H groups in total. The Balaban J connectivity index is 1.11. The third-order valence-corrected chi connectivity index (χ3v) is 7.99. The monoisotopic (exact) mass is 510 g/mol. The van der Waals surface area contributed by atoms with Crippen LogP contribution in [0, 0.1) is 5.82 Å². The second kappa shape index (κ2) is 9.76. The molecule has 0 bridgehead atoms. The standard InChI is InChI=1S/C30H31FN6O/c31-20-5-4-6-23(17-20)38-24-8-10-26-25(19-24)29(35-34-26)30-32-27-9-7-22(18-28(27)33-30)37-15-11-21(12-16-37)36-13-2-1-3-14-36/h4-10,17-19,21H,1-3,11-16H2,(H,32,33)(H,34,35). The van der Waals surface area contributed by atoms with Crippen LogP contribution >= 0.6 is 0 Å². The molecule has 0 amide bonds. The number of aromatic nitrogens is 4. The molecule has 0 saturated carbocycles. The number of aromatic amines is 2. The van der Waals surface area contributed by atoms with Crippen molar-refractivity contribution in [3.05, 3.63) is 66.5 Å². The van der Waals surface area contributed by atoms with E-state index in [9.17, 15) is 4.39 Å². The van der Waals surface area contributed by atoms with E-state index in [4.69, 9.17) is 9.72 Å². The fraction of sp³-hybridized carbons (Fsp3) is 0.333. The molecule has 38 heavy (non-hydrogen) atoms. The fourth-order valence-electron chi connectivity index (χ4n) is 5.98. The summed E-state index contributed by atoms with van der Waals surface area (Å²) >= 11 is 0. The second-order valence-electron chi connectivity index (χ2n) is 10.4. The van der Waals surface area contributed by atoms with Gasteiger partial charge in [-0.3, -0.25) is 5.10 Å². The Morgan fingerprint density at radius 1 is 0.842 bits per heavy atom. The Morgan fingerprint density at radius 2 is 1.68 bits per heavy atom. The van der Waals surface area contributed by atoms with Crippen molar-refractivity contribution in [2.75, 3.05) is 31.1 Å². The number of piperidine rings is 2. The van der Waals surface area contributed by atoms with Crippen LogP contribution in [0.25, 0.3) is 33.5 Å². The van der Waals surface area contributed by atoms with Crippen molar-refractivity contribution in [1.82, 2.24) is 25.1 Å². The van der Waals surface area contributed by atoms with Gasteiger partial charge in [-0.05, 0) is 87.3 Å². The third-order valence-electron chi connectivity index (χ3n) is 7.99. The van der Waals surface area contributed by atoms with Gasteiger partial charge in [0, 0.05) is 36.3 Å². The molecule has 2 aliphatic heterocycles. The number of ether oxygens (including phenoxy) is 1. The van der Waals surface area contributed by atoms with Crippen LogP contribution in [-0.2, 0) is 0 Å². The van der Waals surface area contributed by atoms with Crippen LogP contribution in [0.15, 0.2) is 60.7 Å². The Labute approximate surface area is 220 Å². The second-order valence-corrected chi connectivity index (χ2v) is 10.4. The molecule has 0 unspecified atom stereocenters. The molecule has 7 nitrogen and oxygen atoms in total. The lowest BCUT2D eigenvalue weighted by molar-refractivity contribution is 0.141. The van der Waals surface area contributed by atoms with Crippen molar-refractivity contribution in [3.8, 4) is 23.0 Å². The Kier molecular flexibility index (Phi) is 5.96. The average molecular weight is 511 g/mol. The van der Waals surface area contributed by atoms with Crippen LogP contribution in [-0.4, -0.2) is 57.3 Å². The first-order chi connectivity index (χ1) is 18.7. The predicted molar refractivity (Wildman–Crippen MR) is 148 cm³/mol. The summed E-state index contributed by atoms with van der Waals surface area (Å²) in [7, 11) is 0. The molecule has 3 aromatic carbocycles. The quantitative estimate of drug-likeness (QED) is 0.283. The number of fused-ring (bicyclic) bond motifs is 2. The predicted octanol–water partition coefficient (Wildman–Crippen LogP) is 6.49. The zero-order valence-corrected chi connectivity index (χ0v) is 21.3. The number of H-pyrrole nitrogens is 2. The smallest absolute Gasteiger partial charge is 0.159 e. The van der Waals surface area contributed by atoms with E-state index in [0.717, 1.165) is 46.8 Å². The van der Waals surface area contributed by atoms with Crippen LogP contribution in [0.1, 0.15) is 32.1 Å². The Morgan fingerprint density at radius 3 is 2.53 bits per heavy atom.